The lowest BCUT2D eigenvalue weighted by atomic mass is 9.97. The van der Waals surface area contributed by atoms with Gasteiger partial charge in [-0.2, -0.15) is 0 Å². The molecule has 0 amide bonds. The predicted molar refractivity (Wildman–Crippen MR) is 123 cm³/mol. The topological polar surface area (TPSA) is 68.8 Å². The summed E-state index contributed by atoms with van der Waals surface area (Å²) >= 11 is 0. The van der Waals surface area contributed by atoms with Crippen LogP contribution in [0.2, 0.25) is 0 Å². The lowest BCUT2D eigenvalue weighted by Gasteiger charge is -2.44. The molecule has 0 radical (unpaired) electrons. The fraction of sp³-hybridized carbons (Fsp3) is 0.400. The first kappa shape index (κ1) is 23.2. The molecule has 4 rings (SSSR count). The maximum absolute atomic E-state index is 13.5. The molecule has 1 aliphatic rings. The summed E-state index contributed by atoms with van der Waals surface area (Å²) < 4.78 is 32.6. The highest BCUT2D eigenvalue weighted by atomic mass is 19.3. The molecule has 2 heterocycles. The third kappa shape index (κ3) is 4.58. The van der Waals surface area contributed by atoms with Crippen LogP contribution >= 0.6 is 0 Å². The van der Waals surface area contributed by atoms with Crippen LogP contribution in [0.5, 0.6) is 5.75 Å². The highest BCUT2D eigenvalue weighted by Crippen LogP contribution is 2.35. The molecule has 1 aromatic heterocycles. The van der Waals surface area contributed by atoms with E-state index in [1.165, 1.54) is 0 Å². The van der Waals surface area contributed by atoms with Crippen molar-refractivity contribution in [2.75, 3.05) is 26.7 Å². The van der Waals surface area contributed by atoms with Crippen molar-refractivity contribution in [1.29, 1.82) is 0 Å². The molecule has 2 aromatic carbocycles. The molecule has 0 bridgehead atoms. The number of aromatic nitrogens is 1. The number of piperazine rings is 1. The van der Waals surface area contributed by atoms with Crippen LogP contribution in [0.4, 0.5) is 8.78 Å². The van der Waals surface area contributed by atoms with Crippen molar-refractivity contribution in [1.82, 2.24) is 14.8 Å². The Morgan fingerprint density at radius 2 is 1.97 bits per heavy atom. The van der Waals surface area contributed by atoms with E-state index in [1.807, 2.05) is 30.2 Å². The van der Waals surface area contributed by atoms with Gasteiger partial charge in [0, 0.05) is 54.9 Å². The number of aryl methyl sites for hydroxylation is 1. The Morgan fingerprint density at radius 1 is 1.24 bits per heavy atom. The molecule has 0 saturated carbocycles. The highest BCUT2D eigenvalue weighted by Gasteiger charge is 2.34. The number of nitrogens with zero attached hydrogens (tertiary/aromatic N) is 2. The lowest BCUT2D eigenvalue weighted by Crippen LogP contribution is -2.52. The minimum absolute atomic E-state index is 0.164. The normalized spacial score (nSPS) is 18.7. The van der Waals surface area contributed by atoms with Crippen LogP contribution in [-0.2, 0) is 6.54 Å². The molecule has 1 saturated heterocycles. The van der Waals surface area contributed by atoms with Gasteiger partial charge in [0.25, 0.3) is 6.43 Å². The summed E-state index contributed by atoms with van der Waals surface area (Å²) in [6.07, 6.45) is -0.520. The van der Waals surface area contributed by atoms with Gasteiger partial charge in [-0.1, -0.05) is 12.1 Å². The maximum Gasteiger partial charge on any atom is 0.335 e. The lowest BCUT2D eigenvalue weighted by molar-refractivity contribution is -0.0146. The number of aromatic amines is 1. The molecule has 6 nitrogen and oxygen atoms in total. The average Bonchev–Trinajstić information content (AvgIpc) is 3.31. The van der Waals surface area contributed by atoms with Crippen LogP contribution in [-0.4, -0.2) is 65.1 Å². The molecule has 1 unspecified atom stereocenters. The van der Waals surface area contributed by atoms with Crippen LogP contribution in [0, 0.1) is 6.92 Å². The Hall–Kier alpha value is -2.97. The number of halogens is 2. The fourth-order valence-electron chi connectivity index (χ4n) is 4.71. The highest BCUT2D eigenvalue weighted by molar-refractivity contribution is 5.88. The predicted octanol–water partition coefficient (Wildman–Crippen LogP) is 4.70. The number of hydrogen-bond donors (Lipinski definition) is 2. The first-order valence-corrected chi connectivity index (χ1v) is 11.0. The number of rotatable bonds is 7. The number of fused-ring (bicyclic) bond motifs is 1. The van der Waals surface area contributed by atoms with E-state index in [0.717, 1.165) is 33.3 Å². The average molecular weight is 458 g/mol. The number of methoxy groups -OCH3 is 1. The smallest absolute Gasteiger partial charge is 0.335 e. The van der Waals surface area contributed by atoms with Gasteiger partial charge in [0.15, 0.2) is 0 Å². The van der Waals surface area contributed by atoms with E-state index < -0.39 is 18.4 Å². The number of carboxylic acid groups (broad SMARTS) is 1. The molecule has 1 aliphatic heterocycles. The largest absolute Gasteiger partial charge is 0.496 e. The Kier molecular flexibility index (Phi) is 6.67. The number of alkyl halides is 2. The summed E-state index contributed by atoms with van der Waals surface area (Å²) in [4.78, 5) is 18.7. The summed E-state index contributed by atoms with van der Waals surface area (Å²) in [6.45, 7) is 5.73. The summed E-state index contributed by atoms with van der Waals surface area (Å²) in [7, 11) is 1.65. The summed E-state index contributed by atoms with van der Waals surface area (Å²) in [5.41, 5.74) is 4.29. The monoisotopic (exact) mass is 457 g/mol. The standard InChI is InChI=1S/C25H29F2N3O3/c1-15-12-22(33-3)20(19-8-9-28-23(15)19)13-30-11-10-29(16(2)24(26)27)14-21(30)17-4-6-18(7-5-17)25(31)32/h4-9,12,16,21,24,28H,10-11,13-14H2,1-3H3,(H,31,32)/t16?,21-/m0/s1. The molecule has 0 aliphatic carbocycles. The van der Waals surface area contributed by atoms with Crippen molar-refractivity contribution in [3.63, 3.8) is 0 Å². The maximum atomic E-state index is 13.5. The molecule has 176 valence electrons. The first-order chi connectivity index (χ1) is 15.8. The third-order valence-electron chi connectivity index (χ3n) is 6.70. The molecule has 0 spiro atoms. The van der Waals surface area contributed by atoms with Crippen LogP contribution < -0.4 is 4.74 Å². The minimum atomic E-state index is -2.43. The van der Waals surface area contributed by atoms with Crippen molar-refractivity contribution in [3.05, 3.63) is 64.8 Å². The molecule has 1 fully saturated rings. The number of aromatic carboxylic acids is 1. The van der Waals surface area contributed by atoms with Crippen molar-refractivity contribution in [2.24, 2.45) is 0 Å². The van der Waals surface area contributed by atoms with Gasteiger partial charge in [-0.05, 0) is 49.2 Å². The Morgan fingerprint density at radius 3 is 2.61 bits per heavy atom. The first-order valence-electron chi connectivity index (χ1n) is 11.0. The summed E-state index contributed by atoms with van der Waals surface area (Å²) in [5.74, 6) is -0.197. The fourth-order valence-corrected chi connectivity index (χ4v) is 4.71. The van der Waals surface area contributed by atoms with Crippen molar-refractivity contribution < 1.29 is 23.4 Å². The second-order valence-electron chi connectivity index (χ2n) is 8.62. The second kappa shape index (κ2) is 9.49. The SMILES string of the molecule is COc1cc(C)c2[nH]ccc2c1CN1CCN(C(C)C(F)F)C[C@H]1c1ccc(C(=O)O)cc1. The number of hydrogen-bond acceptors (Lipinski definition) is 4. The minimum Gasteiger partial charge on any atom is -0.496 e. The van der Waals surface area contributed by atoms with Gasteiger partial charge in [-0.15, -0.1) is 0 Å². The molecule has 3 aromatic rings. The molecule has 2 atom stereocenters. The number of benzene rings is 2. The van der Waals surface area contributed by atoms with Crippen LogP contribution in [0.15, 0.2) is 42.6 Å². The molecule has 2 N–H and O–H groups in total. The summed E-state index contributed by atoms with van der Waals surface area (Å²) in [5, 5.41) is 10.3. The van der Waals surface area contributed by atoms with Gasteiger partial charge in [0.1, 0.15) is 5.75 Å². The van der Waals surface area contributed by atoms with Crippen LogP contribution in [0.1, 0.15) is 40.0 Å². The van der Waals surface area contributed by atoms with Gasteiger partial charge < -0.3 is 14.8 Å². The van der Waals surface area contributed by atoms with E-state index in [1.54, 1.807) is 38.3 Å². The zero-order valence-electron chi connectivity index (χ0n) is 19.0. The second-order valence-corrected chi connectivity index (χ2v) is 8.62. The Labute approximate surface area is 191 Å². The van der Waals surface area contributed by atoms with E-state index in [2.05, 4.69) is 9.88 Å². The Balaban J connectivity index is 1.70. The van der Waals surface area contributed by atoms with Gasteiger partial charge in [-0.3, -0.25) is 9.80 Å². The van der Waals surface area contributed by atoms with Crippen molar-refractivity contribution in [3.8, 4) is 5.75 Å². The zero-order chi connectivity index (χ0) is 23.7. The number of nitrogens with one attached hydrogen (secondary N) is 1. The van der Waals surface area contributed by atoms with Crippen LogP contribution in [0.25, 0.3) is 10.9 Å². The Bertz CT molecular complexity index is 1130. The molecule has 8 heteroatoms. The van der Waals surface area contributed by atoms with Gasteiger partial charge in [0.2, 0.25) is 0 Å². The molecular weight excluding hydrogens is 428 g/mol. The van der Waals surface area contributed by atoms with Crippen molar-refractivity contribution in [2.45, 2.75) is 38.9 Å². The molecular formula is C25H29F2N3O3. The van der Waals surface area contributed by atoms with E-state index in [0.29, 0.717) is 26.2 Å². The van der Waals surface area contributed by atoms with Gasteiger partial charge >= 0.3 is 5.97 Å². The number of carbonyl (C=O) groups is 1. The third-order valence-corrected chi connectivity index (χ3v) is 6.70. The van der Waals surface area contributed by atoms with E-state index >= 15 is 0 Å². The van der Waals surface area contributed by atoms with E-state index in [-0.39, 0.29) is 11.6 Å². The van der Waals surface area contributed by atoms with E-state index in [9.17, 15) is 18.7 Å². The van der Waals surface area contributed by atoms with E-state index in [4.69, 9.17) is 4.74 Å². The van der Waals surface area contributed by atoms with Crippen LogP contribution in [0.3, 0.4) is 0 Å². The number of ether oxygens (including phenoxy) is 1. The van der Waals surface area contributed by atoms with Gasteiger partial charge in [0.05, 0.1) is 18.7 Å². The number of carboxylic acids is 1. The zero-order valence-corrected chi connectivity index (χ0v) is 19.0. The van der Waals surface area contributed by atoms with Crippen molar-refractivity contribution >= 4 is 16.9 Å². The quantitative estimate of drug-likeness (QED) is 0.539. The number of H-pyrrole nitrogens is 1. The van der Waals surface area contributed by atoms with Gasteiger partial charge in [-0.25, -0.2) is 13.6 Å². The molecule has 33 heavy (non-hydrogen) atoms. The summed E-state index contributed by atoms with van der Waals surface area (Å²) in [6, 6.07) is 9.75.